The molecule has 27 heavy (non-hydrogen) atoms. The molecule has 7 nitrogen and oxygen atoms in total. The molecule has 0 saturated carbocycles. The zero-order valence-corrected chi connectivity index (χ0v) is 14.6. The van der Waals surface area contributed by atoms with E-state index < -0.39 is 18.4 Å². The van der Waals surface area contributed by atoms with Crippen LogP contribution >= 0.6 is 0 Å². The summed E-state index contributed by atoms with van der Waals surface area (Å²) in [6, 6.07) is 10.6. The Morgan fingerprint density at radius 1 is 1.00 bits per heavy atom. The normalized spacial score (nSPS) is 10.3. The Morgan fingerprint density at radius 2 is 1.70 bits per heavy atom. The van der Waals surface area contributed by atoms with Crippen molar-refractivity contribution in [3.8, 4) is 17.2 Å². The predicted octanol–water partition coefficient (Wildman–Crippen LogP) is 2.67. The van der Waals surface area contributed by atoms with E-state index in [-0.39, 0.29) is 29.3 Å². The third kappa shape index (κ3) is 5.56. The van der Waals surface area contributed by atoms with Crippen LogP contribution in [0, 0.1) is 0 Å². The minimum Gasteiger partial charge on any atom is -0.496 e. The van der Waals surface area contributed by atoms with Crippen molar-refractivity contribution in [1.29, 1.82) is 0 Å². The van der Waals surface area contributed by atoms with E-state index >= 15 is 0 Å². The summed E-state index contributed by atoms with van der Waals surface area (Å²) in [7, 11) is 2.74. The maximum absolute atomic E-state index is 12.4. The fourth-order valence-electron chi connectivity index (χ4n) is 2.24. The zero-order chi connectivity index (χ0) is 19.8. The van der Waals surface area contributed by atoms with Crippen LogP contribution in [0.4, 0.5) is 14.5 Å². The van der Waals surface area contributed by atoms with E-state index in [1.54, 1.807) is 24.3 Å². The molecule has 2 aromatic rings. The smallest absolute Gasteiger partial charge is 0.387 e. The lowest BCUT2D eigenvalue weighted by Crippen LogP contribution is -2.33. The van der Waals surface area contributed by atoms with Gasteiger partial charge in [0.05, 0.1) is 26.3 Å². The number of ether oxygens (including phenoxy) is 3. The Morgan fingerprint density at radius 3 is 2.37 bits per heavy atom. The van der Waals surface area contributed by atoms with E-state index in [0.717, 1.165) is 0 Å². The van der Waals surface area contributed by atoms with Crippen LogP contribution in [-0.4, -0.2) is 39.2 Å². The average Bonchev–Trinajstić information content (AvgIpc) is 2.66. The number of carbonyl (C=O) groups is 2. The average molecular weight is 380 g/mol. The Balaban J connectivity index is 1.98. The van der Waals surface area contributed by atoms with Gasteiger partial charge in [-0.2, -0.15) is 8.78 Å². The summed E-state index contributed by atoms with van der Waals surface area (Å²) in [6.07, 6.45) is 0. The minimum absolute atomic E-state index is 0.0952. The van der Waals surface area contributed by atoms with Gasteiger partial charge in [0.2, 0.25) is 5.91 Å². The Hall–Kier alpha value is -3.36. The first kappa shape index (κ1) is 20.0. The molecule has 0 unspecified atom stereocenters. The summed E-state index contributed by atoms with van der Waals surface area (Å²) in [5.41, 5.74) is 0.493. The fourth-order valence-corrected chi connectivity index (χ4v) is 2.24. The molecule has 0 radical (unpaired) electrons. The second-order valence-corrected chi connectivity index (χ2v) is 5.18. The predicted molar refractivity (Wildman–Crippen MR) is 93.6 cm³/mol. The molecule has 0 aromatic heterocycles. The topological polar surface area (TPSA) is 85.9 Å². The maximum atomic E-state index is 12.4. The molecule has 144 valence electrons. The number of halogens is 2. The lowest BCUT2D eigenvalue weighted by Gasteiger charge is -2.13. The first-order valence-corrected chi connectivity index (χ1v) is 7.78. The van der Waals surface area contributed by atoms with Crippen molar-refractivity contribution in [2.24, 2.45) is 0 Å². The van der Waals surface area contributed by atoms with Gasteiger partial charge in [-0.05, 0) is 24.3 Å². The van der Waals surface area contributed by atoms with Gasteiger partial charge in [0.15, 0.2) is 11.5 Å². The number of amides is 2. The molecule has 0 saturated heterocycles. The summed E-state index contributed by atoms with van der Waals surface area (Å²) in [5.74, 6) is -0.786. The molecule has 2 N–H and O–H groups in total. The molecular weight excluding hydrogens is 362 g/mol. The number of nitrogens with one attached hydrogen (secondary N) is 2. The van der Waals surface area contributed by atoms with Gasteiger partial charge < -0.3 is 24.8 Å². The van der Waals surface area contributed by atoms with Crippen molar-refractivity contribution in [3.63, 3.8) is 0 Å². The molecule has 0 aliphatic rings. The monoisotopic (exact) mass is 380 g/mol. The highest BCUT2D eigenvalue weighted by Gasteiger charge is 2.14. The van der Waals surface area contributed by atoms with E-state index in [1.807, 2.05) is 0 Å². The van der Waals surface area contributed by atoms with Gasteiger partial charge in [0.25, 0.3) is 5.91 Å². The lowest BCUT2D eigenvalue weighted by molar-refractivity contribution is -0.115. The second kappa shape index (κ2) is 9.37. The largest absolute Gasteiger partial charge is 0.496 e. The van der Waals surface area contributed by atoms with Crippen LogP contribution in [0.3, 0.4) is 0 Å². The van der Waals surface area contributed by atoms with Crippen LogP contribution in [0.2, 0.25) is 0 Å². The second-order valence-electron chi connectivity index (χ2n) is 5.18. The highest BCUT2D eigenvalue weighted by Crippen LogP contribution is 2.31. The van der Waals surface area contributed by atoms with Gasteiger partial charge in [-0.3, -0.25) is 9.59 Å². The number of hydrogen-bond donors (Lipinski definition) is 2. The van der Waals surface area contributed by atoms with Crippen LogP contribution in [-0.2, 0) is 4.79 Å². The highest BCUT2D eigenvalue weighted by molar-refractivity contribution is 6.00. The molecule has 0 bridgehead atoms. The van der Waals surface area contributed by atoms with E-state index in [0.29, 0.717) is 5.75 Å². The van der Waals surface area contributed by atoms with Gasteiger partial charge in [-0.25, -0.2) is 0 Å². The van der Waals surface area contributed by atoms with Gasteiger partial charge >= 0.3 is 6.61 Å². The van der Waals surface area contributed by atoms with Gasteiger partial charge in [-0.15, -0.1) is 0 Å². The molecule has 0 fully saturated rings. The van der Waals surface area contributed by atoms with E-state index in [2.05, 4.69) is 15.4 Å². The standard InChI is InChI=1S/C18H18F2N2O5/c1-25-13-6-4-3-5-12(13)17(24)21-10-16(23)22-11-7-8-14(26-2)15(9-11)27-18(19)20/h3-9,18H,10H2,1-2H3,(H,21,24)(H,22,23). The summed E-state index contributed by atoms with van der Waals surface area (Å²) in [5, 5.41) is 4.93. The van der Waals surface area contributed by atoms with Crippen molar-refractivity contribution in [2.45, 2.75) is 6.61 Å². The van der Waals surface area contributed by atoms with Crippen molar-refractivity contribution < 1.29 is 32.6 Å². The number of para-hydroxylation sites is 1. The van der Waals surface area contributed by atoms with Crippen molar-refractivity contribution in [2.75, 3.05) is 26.1 Å². The zero-order valence-electron chi connectivity index (χ0n) is 14.6. The molecule has 9 heteroatoms. The summed E-state index contributed by atoms with van der Waals surface area (Å²) in [4.78, 5) is 24.2. The minimum atomic E-state index is -3.04. The quantitative estimate of drug-likeness (QED) is 0.735. The molecule has 0 aliphatic heterocycles. The van der Waals surface area contributed by atoms with Crippen LogP contribution in [0.5, 0.6) is 17.2 Å². The SMILES string of the molecule is COc1ccc(NC(=O)CNC(=O)c2ccccc2OC)cc1OC(F)F. The summed E-state index contributed by atoms with van der Waals surface area (Å²) < 4.78 is 39.2. The number of alkyl halides is 2. The van der Waals surface area contributed by atoms with E-state index in [1.165, 1.54) is 32.4 Å². The summed E-state index contributed by atoms with van der Waals surface area (Å²) >= 11 is 0. The van der Waals surface area contributed by atoms with Crippen LogP contribution < -0.4 is 24.8 Å². The molecule has 0 aliphatic carbocycles. The Labute approximate surface area is 154 Å². The summed E-state index contributed by atoms with van der Waals surface area (Å²) in [6.45, 7) is -3.36. The number of methoxy groups -OCH3 is 2. The van der Waals surface area contributed by atoms with Crippen molar-refractivity contribution in [1.82, 2.24) is 5.32 Å². The van der Waals surface area contributed by atoms with Gasteiger partial charge in [0, 0.05) is 11.8 Å². The highest BCUT2D eigenvalue weighted by atomic mass is 19.3. The molecule has 0 atom stereocenters. The first-order chi connectivity index (χ1) is 12.9. The first-order valence-electron chi connectivity index (χ1n) is 7.78. The van der Waals surface area contributed by atoms with Gasteiger partial charge in [-0.1, -0.05) is 12.1 Å². The Bertz CT molecular complexity index is 814. The number of anilines is 1. The van der Waals surface area contributed by atoms with Crippen LogP contribution in [0.1, 0.15) is 10.4 Å². The lowest BCUT2D eigenvalue weighted by atomic mass is 10.2. The number of carbonyl (C=O) groups excluding carboxylic acids is 2. The molecular formula is C18H18F2N2O5. The number of rotatable bonds is 8. The molecule has 2 aromatic carbocycles. The number of benzene rings is 2. The Kier molecular flexibility index (Phi) is 6.93. The molecule has 0 spiro atoms. The van der Waals surface area contributed by atoms with Crippen LogP contribution in [0.15, 0.2) is 42.5 Å². The maximum Gasteiger partial charge on any atom is 0.387 e. The van der Waals surface area contributed by atoms with Crippen LogP contribution in [0.25, 0.3) is 0 Å². The van der Waals surface area contributed by atoms with E-state index in [4.69, 9.17) is 9.47 Å². The van der Waals surface area contributed by atoms with Crippen molar-refractivity contribution in [3.05, 3.63) is 48.0 Å². The van der Waals surface area contributed by atoms with Crippen molar-refractivity contribution >= 4 is 17.5 Å². The molecule has 0 heterocycles. The van der Waals surface area contributed by atoms with Gasteiger partial charge in [0.1, 0.15) is 5.75 Å². The van der Waals surface area contributed by atoms with E-state index in [9.17, 15) is 18.4 Å². The number of hydrogen-bond acceptors (Lipinski definition) is 5. The fraction of sp³-hybridized carbons (Fsp3) is 0.222. The molecule has 2 amide bonds. The third-order valence-electron chi connectivity index (χ3n) is 3.42. The molecule has 2 rings (SSSR count). The third-order valence-corrected chi connectivity index (χ3v) is 3.42.